The molecule has 112 valence electrons. The third-order valence-corrected chi connectivity index (χ3v) is 4.90. The zero-order valence-electron chi connectivity index (χ0n) is 10.8. The molecule has 0 radical (unpaired) electrons. The van der Waals surface area contributed by atoms with Crippen molar-refractivity contribution in [1.29, 1.82) is 0 Å². The SMILES string of the molecule is CCCCC(CN)NS(=O)(=O)CCS(C)(=O)=O.Cl. The third kappa shape index (κ3) is 11.2. The van der Waals surface area contributed by atoms with E-state index in [9.17, 15) is 16.8 Å². The van der Waals surface area contributed by atoms with Gasteiger partial charge in [0.25, 0.3) is 0 Å². The summed E-state index contributed by atoms with van der Waals surface area (Å²) in [6.07, 6.45) is 3.53. The molecular formula is C9H23ClN2O4S2. The lowest BCUT2D eigenvalue weighted by atomic mass is 10.1. The smallest absolute Gasteiger partial charge is 0.212 e. The quantitative estimate of drug-likeness (QED) is 0.616. The Kier molecular flexibility index (Phi) is 10.3. The van der Waals surface area contributed by atoms with E-state index >= 15 is 0 Å². The van der Waals surface area contributed by atoms with E-state index in [1.165, 1.54) is 0 Å². The van der Waals surface area contributed by atoms with Gasteiger partial charge >= 0.3 is 0 Å². The zero-order chi connectivity index (χ0) is 13.5. The van der Waals surface area contributed by atoms with Gasteiger partial charge in [-0.2, -0.15) is 0 Å². The average Bonchev–Trinajstić information content (AvgIpc) is 2.20. The summed E-state index contributed by atoms with van der Waals surface area (Å²) in [5.41, 5.74) is 5.46. The fraction of sp³-hybridized carbons (Fsp3) is 1.00. The number of nitrogens with two attached hydrogens (primary N) is 1. The fourth-order valence-electron chi connectivity index (χ4n) is 1.25. The molecule has 0 aliphatic carbocycles. The number of halogens is 1. The fourth-order valence-corrected chi connectivity index (χ4v) is 4.18. The summed E-state index contributed by atoms with van der Waals surface area (Å²) < 4.78 is 47.4. The predicted molar refractivity (Wildman–Crippen MR) is 76.2 cm³/mol. The molecule has 18 heavy (non-hydrogen) atoms. The highest BCUT2D eigenvalue weighted by Crippen LogP contribution is 2.01. The number of sulfone groups is 1. The predicted octanol–water partition coefficient (Wildman–Crippen LogP) is -0.110. The van der Waals surface area contributed by atoms with Crippen molar-refractivity contribution in [1.82, 2.24) is 4.72 Å². The lowest BCUT2D eigenvalue weighted by Gasteiger charge is -2.16. The molecule has 0 rings (SSSR count). The molecule has 0 saturated heterocycles. The monoisotopic (exact) mass is 322 g/mol. The normalized spacial score (nSPS) is 13.9. The van der Waals surface area contributed by atoms with Gasteiger partial charge in [0.1, 0.15) is 9.84 Å². The maximum atomic E-state index is 11.6. The molecule has 0 spiro atoms. The van der Waals surface area contributed by atoms with Gasteiger partial charge in [-0.25, -0.2) is 21.6 Å². The van der Waals surface area contributed by atoms with Crippen LogP contribution >= 0.6 is 12.4 Å². The maximum Gasteiger partial charge on any atom is 0.212 e. The van der Waals surface area contributed by atoms with E-state index in [0.717, 1.165) is 19.1 Å². The minimum absolute atomic E-state index is 0. The van der Waals surface area contributed by atoms with Crippen molar-refractivity contribution in [3.05, 3.63) is 0 Å². The molecule has 0 aromatic carbocycles. The van der Waals surface area contributed by atoms with E-state index in [1.807, 2.05) is 6.92 Å². The average molecular weight is 323 g/mol. The van der Waals surface area contributed by atoms with Gasteiger partial charge in [-0.15, -0.1) is 12.4 Å². The lowest BCUT2D eigenvalue weighted by Crippen LogP contribution is -2.42. The molecule has 0 aliphatic rings. The summed E-state index contributed by atoms with van der Waals surface area (Å²) in [4.78, 5) is 0. The van der Waals surface area contributed by atoms with Gasteiger partial charge in [-0.1, -0.05) is 19.8 Å². The van der Waals surface area contributed by atoms with E-state index in [2.05, 4.69) is 4.72 Å². The Balaban J connectivity index is 0. The summed E-state index contributed by atoms with van der Waals surface area (Å²) in [5, 5.41) is 0. The molecule has 0 amide bonds. The molecule has 0 aliphatic heterocycles. The molecule has 0 aromatic rings. The van der Waals surface area contributed by atoms with Crippen LogP contribution in [0.1, 0.15) is 26.2 Å². The third-order valence-electron chi connectivity index (χ3n) is 2.26. The molecule has 0 heterocycles. The molecule has 0 fully saturated rings. The van der Waals surface area contributed by atoms with Crippen LogP contribution in [-0.2, 0) is 19.9 Å². The molecule has 0 aromatic heterocycles. The van der Waals surface area contributed by atoms with Crippen molar-refractivity contribution in [2.75, 3.05) is 24.3 Å². The van der Waals surface area contributed by atoms with Crippen LogP contribution in [0, 0.1) is 0 Å². The Morgan fingerprint density at radius 1 is 1.17 bits per heavy atom. The van der Waals surface area contributed by atoms with Crippen LogP contribution in [0.3, 0.4) is 0 Å². The summed E-state index contributed by atoms with van der Waals surface area (Å²) in [5.74, 6) is -0.776. The number of rotatable bonds is 9. The summed E-state index contributed by atoms with van der Waals surface area (Å²) in [7, 11) is -6.83. The van der Waals surface area contributed by atoms with E-state index in [0.29, 0.717) is 6.42 Å². The maximum absolute atomic E-state index is 11.6. The standard InChI is InChI=1S/C9H22N2O4S2.ClH/c1-3-4-5-9(8-10)11-17(14,15)7-6-16(2,12)13;/h9,11H,3-8,10H2,1-2H3;1H. The number of nitrogens with one attached hydrogen (secondary N) is 1. The second kappa shape index (κ2) is 9.08. The van der Waals surface area contributed by atoms with Gasteiger partial charge in [0.15, 0.2) is 0 Å². The van der Waals surface area contributed by atoms with Crippen molar-refractivity contribution < 1.29 is 16.8 Å². The molecule has 6 nitrogen and oxygen atoms in total. The first-order valence-corrected chi connectivity index (χ1v) is 9.29. The Bertz CT molecular complexity index is 408. The highest BCUT2D eigenvalue weighted by atomic mass is 35.5. The topological polar surface area (TPSA) is 106 Å². The van der Waals surface area contributed by atoms with Crippen molar-refractivity contribution in [3.63, 3.8) is 0 Å². The van der Waals surface area contributed by atoms with Crippen LogP contribution in [0.5, 0.6) is 0 Å². The Hall–Kier alpha value is 0.110. The van der Waals surface area contributed by atoms with Crippen molar-refractivity contribution >= 4 is 32.3 Å². The first-order chi connectivity index (χ1) is 7.70. The van der Waals surface area contributed by atoms with E-state index in [4.69, 9.17) is 5.73 Å². The van der Waals surface area contributed by atoms with E-state index < -0.39 is 25.6 Å². The highest BCUT2D eigenvalue weighted by molar-refractivity contribution is 7.93. The number of hydrogen-bond acceptors (Lipinski definition) is 5. The van der Waals surface area contributed by atoms with Gasteiger partial charge in [-0.3, -0.25) is 0 Å². The van der Waals surface area contributed by atoms with Gasteiger partial charge in [-0.05, 0) is 6.42 Å². The van der Waals surface area contributed by atoms with Crippen molar-refractivity contribution in [3.8, 4) is 0 Å². The number of hydrogen-bond donors (Lipinski definition) is 2. The summed E-state index contributed by atoms with van der Waals surface area (Å²) in [6.45, 7) is 2.23. The number of unbranched alkanes of at least 4 members (excludes halogenated alkanes) is 1. The Morgan fingerprint density at radius 2 is 1.72 bits per heavy atom. The van der Waals surface area contributed by atoms with Gasteiger partial charge in [0.05, 0.1) is 11.5 Å². The number of sulfonamides is 1. The van der Waals surface area contributed by atoms with Crippen LogP contribution in [0.25, 0.3) is 0 Å². The molecular weight excluding hydrogens is 300 g/mol. The van der Waals surface area contributed by atoms with E-state index in [1.54, 1.807) is 0 Å². The molecule has 3 N–H and O–H groups in total. The van der Waals surface area contributed by atoms with Gasteiger partial charge < -0.3 is 5.73 Å². The molecule has 9 heteroatoms. The minimum atomic E-state index is -3.57. The van der Waals surface area contributed by atoms with Crippen molar-refractivity contribution in [2.45, 2.75) is 32.2 Å². The van der Waals surface area contributed by atoms with Crippen LogP contribution in [0.2, 0.25) is 0 Å². The summed E-state index contributed by atoms with van der Waals surface area (Å²) in [6, 6.07) is -0.306. The van der Waals surface area contributed by atoms with Crippen LogP contribution in [0.4, 0.5) is 0 Å². The van der Waals surface area contributed by atoms with Gasteiger partial charge in [0, 0.05) is 18.8 Å². The highest BCUT2D eigenvalue weighted by Gasteiger charge is 2.18. The second-order valence-corrected chi connectivity index (χ2v) is 8.27. The minimum Gasteiger partial charge on any atom is -0.329 e. The van der Waals surface area contributed by atoms with Gasteiger partial charge in [0.2, 0.25) is 10.0 Å². The largest absolute Gasteiger partial charge is 0.329 e. The Labute approximate surface area is 116 Å². The van der Waals surface area contributed by atoms with Crippen LogP contribution < -0.4 is 10.5 Å². The molecule has 0 bridgehead atoms. The van der Waals surface area contributed by atoms with Crippen LogP contribution in [0.15, 0.2) is 0 Å². The lowest BCUT2D eigenvalue weighted by molar-refractivity contribution is 0.516. The van der Waals surface area contributed by atoms with E-state index in [-0.39, 0.29) is 30.7 Å². The Morgan fingerprint density at radius 3 is 2.11 bits per heavy atom. The summed E-state index contributed by atoms with van der Waals surface area (Å²) >= 11 is 0. The van der Waals surface area contributed by atoms with Crippen molar-refractivity contribution in [2.24, 2.45) is 5.73 Å². The first-order valence-electron chi connectivity index (χ1n) is 5.58. The first kappa shape index (κ1) is 20.4. The second-order valence-electron chi connectivity index (χ2n) is 4.14. The molecule has 0 saturated carbocycles. The molecule has 1 unspecified atom stereocenters. The molecule has 1 atom stereocenters. The van der Waals surface area contributed by atoms with Crippen LogP contribution in [-0.4, -0.2) is 47.2 Å². The zero-order valence-corrected chi connectivity index (χ0v) is 13.2.